The fourth-order valence-electron chi connectivity index (χ4n) is 2.49. The summed E-state index contributed by atoms with van der Waals surface area (Å²) in [4.78, 5) is 20.9. The molecule has 0 radical (unpaired) electrons. The monoisotopic (exact) mass is 278 g/mol. The van der Waals surface area contributed by atoms with E-state index in [-0.39, 0.29) is 5.91 Å². The summed E-state index contributed by atoms with van der Waals surface area (Å²) in [6.45, 7) is 4.45. The molecule has 0 bridgehead atoms. The number of carbonyl (C=O) groups is 1. The first-order valence-corrected chi connectivity index (χ1v) is 6.92. The van der Waals surface area contributed by atoms with Crippen LogP contribution in [0.4, 0.5) is 0 Å². The van der Waals surface area contributed by atoms with Crippen molar-refractivity contribution in [1.29, 1.82) is 0 Å². The minimum absolute atomic E-state index is 0.0447. The first-order chi connectivity index (χ1) is 9.66. The van der Waals surface area contributed by atoms with Crippen LogP contribution in [0.5, 0.6) is 0 Å². The highest BCUT2D eigenvalue weighted by atomic mass is 16.5. The number of piperidine rings is 1. The maximum atomic E-state index is 12.5. The minimum atomic E-state index is -0.419. The van der Waals surface area contributed by atoms with Crippen molar-refractivity contribution in [2.75, 3.05) is 26.8 Å². The summed E-state index contributed by atoms with van der Waals surface area (Å²) in [6, 6.07) is 0. The Kier molecular flexibility index (Phi) is 5.03. The molecule has 0 aromatic carbocycles. The number of nitrogens with one attached hydrogen (secondary N) is 2. The quantitative estimate of drug-likeness (QED) is 0.816. The topological polar surface area (TPSA) is 76.1 Å². The van der Waals surface area contributed by atoms with E-state index in [1.807, 2.05) is 6.92 Å². The molecule has 0 spiro atoms. The molecule has 1 aromatic rings. The molecule has 1 saturated heterocycles. The Morgan fingerprint density at radius 3 is 2.75 bits per heavy atom. The van der Waals surface area contributed by atoms with Crippen LogP contribution in [0.15, 0.2) is 12.4 Å². The summed E-state index contributed by atoms with van der Waals surface area (Å²) in [5, 5.41) is 6.24. The average Bonchev–Trinajstić information content (AvgIpc) is 2.47. The first-order valence-electron chi connectivity index (χ1n) is 6.92. The molecule has 1 aromatic heterocycles. The van der Waals surface area contributed by atoms with Gasteiger partial charge in [0.15, 0.2) is 0 Å². The number of carbonyl (C=O) groups excluding carboxylic acids is 1. The summed E-state index contributed by atoms with van der Waals surface area (Å²) in [6.07, 6.45) is 5.00. The van der Waals surface area contributed by atoms with Gasteiger partial charge in [0.1, 0.15) is 0 Å². The number of methoxy groups -OCH3 is 1. The average molecular weight is 278 g/mol. The summed E-state index contributed by atoms with van der Waals surface area (Å²) >= 11 is 0. The van der Waals surface area contributed by atoms with E-state index < -0.39 is 5.41 Å². The van der Waals surface area contributed by atoms with Gasteiger partial charge in [0.2, 0.25) is 5.91 Å². The van der Waals surface area contributed by atoms with Crippen molar-refractivity contribution in [2.45, 2.75) is 26.3 Å². The second-order valence-corrected chi connectivity index (χ2v) is 5.30. The number of amides is 1. The van der Waals surface area contributed by atoms with Crippen molar-refractivity contribution < 1.29 is 9.53 Å². The Labute approximate surface area is 119 Å². The lowest BCUT2D eigenvalue weighted by atomic mass is 9.78. The molecule has 0 atom stereocenters. The Hall–Kier alpha value is -1.53. The zero-order chi connectivity index (χ0) is 14.4. The molecule has 2 N–H and O–H groups in total. The molecule has 2 rings (SSSR count). The molecule has 1 amide bonds. The number of ether oxygens (including phenoxy) is 1. The van der Waals surface area contributed by atoms with Gasteiger partial charge in [0.25, 0.3) is 0 Å². The molecule has 0 aliphatic carbocycles. The zero-order valence-electron chi connectivity index (χ0n) is 12.1. The lowest BCUT2D eigenvalue weighted by molar-refractivity contribution is -0.136. The Bertz CT molecular complexity index is 435. The van der Waals surface area contributed by atoms with Gasteiger partial charge in [0.05, 0.1) is 36.2 Å². The Balaban J connectivity index is 1.96. The van der Waals surface area contributed by atoms with Crippen molar-refractivity contribution in [2.24, 2.45) is 5.41 Å². The highest BCUT2D eigenvalue weighted by Gasteiger charge is 2.39. The van der Waals surface area contributed by atoms with Gasteiger partial charge in [-0.05, 0) is 32.9 Å². The van der Waals surface area contributed by atoms with E-state index in [0.717, 1.165) is 37.3 Å². The number of rotatable bonds is 5. The highest BCUT2D eigenvalue weighted by Crippen LogP contribution is 2.29. The SMILES string of the molecule is COCC1(C(=O)NCc2cnc(C)cn2)CCNCC1. The maximum absolute atomic E-state index is 12.5. The molecule has 0 unspecified atom stereocenters. The van der Waals surface area contributed by atoms with Crippen molar-refractivity contribution in [3.05, 3.63) is 23.8 Å². The van der Waals surface area contributed by atoms with Crippen LogP contribution in [-0.2, 0) is 16.1 Å². The van der Waals surface area contributed by atoms with Gasteiger partial charge in [-0.2, -0.15) is 0 Å². The summed E-state index contributed by atoms with van der Waals surface area (Å²) in [5.74, 6) is 0.0447. The van der Waals surface area contributed by atoms with E-state index >= 15 is 0 Å². The fraction of sp³-hybridized carbons (Fsp3) is 0.643. The lowest BCUT2D eigenvalue weighted by Gasteiger charge is -2.35. The molecule has 1 fully saturated rings. The number of hydrogen-bond acceptors (Lipinski definition) is 5. The number of aromatic nitrogens is 2. The van der Waals surface area contributed by atoms with Crippen molar-refractivity contribution in [3.63, 3.8) is 0 Å². The van der Waals surface area contributed by atoms with E-state index in [0.29, 0.717) is 13.2 Å². The van der Waals surface area contributed by atoms with Crippen molar-refractivity contribution in [1.82, 2.24) is 20.6 Å². The summed E-state index contributed by atoms with van der Waals surface area (Å²) in [5.41, 5.74) is 1.22. The standard InChI is InChI=1S/C14H22N4O2/c1-11-7-17-12(8-16-11)9-18-13(19)14(10-20-2)3-5-15-6-4-14/h7-8,15H,3-6,9-10H2,1-2H3,(H,18,19). The minimum Gasteiger partial charge on any atom is -0.384 e. The molecule has 1 aliphatic rings. The van der Waals surface area contributed by atoms with E-state index in [9.17, 15) is 4.79 Å². The largest absolute Gasteiger partial charge is 0.384 e. The third-order valence-corrected chi connectivity index (χ3v) is 3.73. The van der Waals surface area contributed by atoms with Gasteiger partial charge in [0, 0.05) is 13.3 Å². The lowest BCUT2D eigenvalue weighted by Crippen LogP contribution is -2.50. The van der Waals surface area contributed by atoms with E-state index in [4.69, 9.17) is 4.74 Å². The molecule has 0 saturated carbocycles. The van der Waals surface area contributed by atoms with Crippen LogP contribution < -0.4 is 10.6 Å². The number of hydrogen-bond donors (Lipinski definition) is 2. The van der Waals surface area contributed by atoms with Crippen LogP contribution in [-0.4, -0.2) is 42.7 Å². The molecular formula is C14H22N4O2. The smallest absolute Gasteiger partial charge is 0.228 e. The van der Waals surface area contributed by atoms with Gasteiger partial charge < -0.3 is 15.4 Å². The highest BCUT2D eigenvalue weighted by molar-refractivity contribution is 5.82. The van der Waals surface area contributed by atoms with Crippen LogP contribution in [0.2, 0.25) is 0 Å². The summed E-state index contributed by atoms with van der Waals surface area (Å²) < 4.78 is 5.26. The predicted octanol–water partition coefficient (Wildman–Crippen LogP) is 0.417. The number of aryl methyl sites for hydroxylation is 1. The van der Waals surface area contributed by atoms with E-state index in [1.165, 1.54) is 0 Å². The second-order valence-electron chi connectivity index (χ2n) is 5.30. The molecule has 20 heavy (non-hydrogen) atoms. The van der Waals surface area contributed by atoms with E-state index in [2.05, 4.69) is 20.6 Å². The summed E-state index contributed by atoms with van der Waals surface area (Å²) in [7, 11) is 1.64. The van der Waals surface area contributed by atoms with Crippen LogP contribution in [0.3, 0.4) is 0 Å². The van der Waals surface area contributed by atoms with Crippen molar-refractivity contribution >= 4 is 5.91 Å². The third-order valence-electron chi connectivity index (χ3n) is 3.73. The van der Waals surface area contributed by atoms with Crippen LogP contribution in [0, 0.1) is 12.3 Å². The Morgan fingerprint density at radius 2 is 2.15 bits per heavy atom. The van der Waals surface area contributed by atoms with Crippen LogP contribution in [0.25, 0.3) is 0 Å². The molecule has 6 nitrogen and oxygen atoms in total. The molecular weight excluding hydrogens is 256 g/mol. The maximum Gasteiger partial charge on any atom is 0.228 e. The Morgan fingerprint density at radius 1 is 1.40 bits per heavy atom. The fourth-order valence-corrected chi connectivity index (χ4v) is 2.49. The molecule has 1 aliphatic heterocycles. The van der Waals surface area contributed by atoms with Gasteiger partial charge in [-0.15, -0.1) is 0 Å². The van der Waals surface area contributed by atoms with Crippen molar-refractivity contribution in [3.8, 4) is 0 Å². The molecule has 110 valence electrons. The van der Waals surface area contributed by atoms with Gasteiger partial charge in [-0.1, -0.05) is 0 Å². The van der Waals surface area contributed by atoms with Crippen LogP contribution in [0.1, 0.15) is 24.2 Å². The normalized spacial score (nSPS) is 17.7. The van der Waals surface area contributed by atoms with Gasteiger partial charge in [-0.25, -0.2) is 0 Å². The number of nitrogens with zero attached hydrogens (tertiary/aromatic N) is 2. The van der Waals surface area contributed by atoms with Crippen LogP contribution >= 0.6 is 0 Å². The molecule has 2 heterocycles. The van der Waals surface area contributed by atoms with Gasteiger partial charge in [-0.3, -0.25) is 14.8 Å². The molecule has 6 heteroatoms. The predicted molar refractivity (Wildman–Crippen MR) is 75.0 cm³/mol. The second kappa shape index (κ2) is 6.76. The van der Waals surface area contributed by atoms with E-state index in [1.54, 1.807) is 19.5 Å². The zero-order valence-corrected chi connectivity index (χ0v) is 12.1. The first kappa shape index (κ1) is 14.9. The third kappa shape index (κ3) is 3.52. The van der Waals surface area contributed by atoms with Gasteiger partial charge >= 0.3 is 0 Å².